The van der Waals surface area contributed by atoms with E-state index >= 15 is 0 Å². The largest absolute Gasteiger partial charge is 0.310 e. The van der Waals surface area contributed by atoms with Crippen LogP contribution in [0.25, 0.3) is 11.3 Å². The Kier molecular flexibility index (Phi) is 4.31. The Morgan fingerprint density at radius 3 is 2.57 bits per heavy atom. The van der Waals surface area contributed by atoms with Crippen molar-refractivity contribution in [3.05, 3.63) is 51.6 Å². The van der Waals surface area contributed by atoms with Gasteiger partial charge in [-0.3, -0.25) is 4.79 Å². The summed E-state index contributed by atoms with van der Waals surface area (Å²) in [5, 5.41) is 0. The van der Waals surface area contributed by atoms with E-state index in [0.29, 0.717) is 5.56 Å². The molecule has 3 heteroatoms. The number of hydrogen-bond acceptors (Lipinski definition) is 2. The fourth-order valence-electron chi connectivity index (χ4n) is 2.33. The first kappa shape index (κ1) is 15.5. The maximum absolute atomic E-state index is 12.2. The molecule has 2 rings (SSSR count). The van der Waals surface area contributed by atoms with Gasteiger partial charge in [0.05, 0.1) is 5.69 Å². The molecule has 0 aliphatic rings. The van der Waals surface area contributed by atoms with Gasteiger partial charge < -0.3 is 4.98 Å². The predicted molar refractivity (Wildman–Crippen MR) is 87.7 cm³/mol. The number of benzene rings is 1. The van der Waals surface area contributed by atoms with Crippen LogP contribution < -0.4 is 5.56 Å². The normalized spacial score (nSPS) is 11.7. The molecular weight excluding hydrogens is 260 g/mol. The molecule has 1 heterocycles. The molecule has 21 heavy (non-hydrogen) atoms. The van der Waals surface area contributed by atoms with E-state index in [9.17, 15) is 4.79 Å². The molecule has 1 N–H and O–H groups in total. The smallest absolute Gasteiger partial charge is 0.254 e. The van der Waals surface area contributed by atoms with Gasteiger partial charge in [0.1, 0.15) is 5.82 Å². The average Bonchev–Trinajstić information content (AvgIpc) is 2.41. The van der Waals surface area contributed by atoms with Crippen LogP contribution >= 0.6 is 0 Å². The molecule has 0 radical (unpaired) electrons. The second-order valence-electron chi connectivity index (χ2n) is 6.59. The maximum Gasteiger partial charge on any atom is 0.254 e. The number of H-pyrrole nitrogens is 1. The molecule has 0 atom stereocenters. The van der Waals surface area contributed by atoms with Gasteiger partial charge in [0.2, 0.25) is 0 Å². The van der Waals surface area contributed by atoms with Crippen LogP contribution in [0, 0.1) is 6.92 Å². The number of aromatic amines is 1. The average molecular weight is 284 g/mol. The highest BCUT2D eigenvalue weighted by molar-refractivity contribution is 5.63. The fraction of sp³-hybridized carbons (Fsp3) is 0.444. The topological polar surface area (TPSA) is 45.8 Å². The van der Waals surface area contributed by atoms with Gasteiger partial charge in [-0.25, -0.2) is 4.98 Å². The third-order valence-corrected chi connectivity index (χ3v) is 3.60. The summed E-state index contributed by atoms with van der Waals surface area (Å²) in [4.78, 5) is 19.8. The lowest BCUT2D eigenvalue weighted by molar-refractivity contribution is 0.542. The highest BCUT2D eigenvalue weighted by Gasteiger charge is 2.19. The molecule has 0 unspecified atom stereocenters. The van der Waals surface area contributed by atoms with Crippen molar-refractivity contribution in [3.63, 3.8) is 0 Å². The van der Waals surface area contributed by atoms with Gasteiger partial charge in [-0.05, 0) is 25.0 Å². The molecule has 0 saturated heterocycles. The van der Waals surface area contributed by atoms with Gasteiger partial charge >= 0.3 is 0 Å². The molecule has 0 aliphatic heterocycles. The highest BCUT2D eigenvalue weighted by Crippen LogP contribution is 2.24. The molecule has 3 nitrogen and oxygen atoms in total. The monoisotopic (exact) mass is 284 g/mol. The molecule has 2 aromatic rings. The van der Waals surface area contributed by atoms with Crippen molar-refractivity contribution in [1.29, 1.82) is 0 Å². The van der Waals surface area contributed by atoms with Crippen molar-refractivity contribution in [2.45, 2.75) is 52.9 Å². The lowest BCUT2D eigenvalue weighted by Crippen LogP contribution is -2.24. The minimum absolute atomic E-state index is 0.0502. The van der Waals surface area contributed by atoms with Gasteiger partial charge in [-0.2, -0.15) is 0 Å². The Balaban J connectivity index is 2.60. The zero-order chi connectivity index (χ0) is 15.6. The Morgan fingerprint density at radius 2 is 1.95 bits per heavy atom. The summed E-state index contributed by atoms with van der Waals surface area (Å²) < 4.78 is 0. The lowest BCUT2D eigenvalue weighted by atomic mass is 9.94. The molecule has 0 amide bonds. The molecule has 0 saturated carbocycles. The van der Waals surface area contributed by atoms with Gasteiger partial charge in [0, 0.05) is 16.5 Å². The minimum Gasteiger partial charge on any atom is -0.310 e. The quantitative estimate of drug-likeness (QED) is 0.926. The Bertz CT molecular complexity index is 693. The van der Waals surface area contributed by atoms with Crippen LogP contribution in [-0.4, -0.2) is 9.97 Å². The first-order valence-corrected chi connectivity index (χ1v) is 7.53. The van der Waals surface area contributed by atoms with Gasteiger partial charge in [-0.15, -0.1) is 0 Å². The Labute approximate surface area is 126 Å². The van der Waals surface area contributed by atoms with Crippen molar-refractivity contribution in [3.8, 4) is 11.3 Å². The molecule has 0 fully saturated rings. The van der Waals surface area contributed by atoms with Crippen molar-refractivity contribution in [2.75, 3.05) is 0 Å². The third-order valence-electron chi connectivity index (χ3n) is 3.60. The first-order valence-electron chi connectivity index (χ1n) is 7.53. The van der Waals surface area contributed by atoms with Crippen LogP contribution in [0.5, 0.6) is 0 Å². The second kappa shape index (κ2) is 5.84. The predicted octanol–water partition coefficient (Wildman–Crippen LogP) is 4.00. The van der Waals surface area contributed by atoms with Crippen molar-refractivity contribution >= 4 is 0 Å². The molecular formula is C18H24N2O. The standard InChI is InChI=1S/C18H24N2O/c1-6-8-13-9-7-10-14(11-13)15-12(2)16(21)20-17(19-15)18(3,4)5/h7,9-11H,6,8H2,1-5H3,(H,19,20,21). The van der Waals surface area contributed by atoms with E-state index in [2.05, 4.69) is 44.8 Å². The number of nitrogens with one attached hydrogen (secondary N) is 1. The first-order chi connectivity index (χ1) is 9.82. The fourth-order valence-corrected chi connectivity index (χ4v) is 2.33. The highest BCUT2D eigenvalue weighted by atomic mass is 16.1. The lowest BCUT2D eigenvalue weighted by Gasteiger charge is -2.19. The van der Waals surface area contributed by atoms with Crippen LogP contribution in [0.1, 0.15) is 51.1 Å². The summed E-state index contributed by atoms with van der Waals surface area (Å²) in [6.07, 6.45) is 2.15. The number of hydrogen-bond donors (Lipinski definition) is 1. The van der Waals surface area contributed by atoms with E-state index in [-0.39, 0.29) is 11.0 Å². The van der Waals surface area contributed by atoms with Crippen molar-refractivity contribution in [1.82, 2.24) is 9.97 Å². The summed E-state index contributed by atoms with van der Waals surface area (Å²) in [7, 11) is 0. The van der Waals surface area contributed by atoms with Crippen molar-refractivity contribution in [2.24, 2.45) is 0 Å². The van der Waals surface area contributed by atoms with Gasteiger partial charge in [0.25, 0.3) is 5.56 Å². The Morgan fingerprint density at radius 1 is 1.24 bits per heavy atom. The molecule has 0 spiro atoms. The van der Waals surface area contributed by atoms with Crippen LogP contribution in [0.3, 0.4) is 0 Å². The molecule has 1 aromatic heterocycles. The number of aryl methyl sites for hydroxylation is 1. The van der Waals surface area contributed by atoms with E-state index in [4.69, 9.17) is 4.98 Å². The molecule has 112 valence electrons. The van der Waals surface area contributed by atoms with E-state index in [1.807, 2.05) is 19.1 Å². The molecule has 1 aromatic carbocycles. The summed E-state index contributed by atoms with van der Waals surface area (Å²) in [5.41, 5.74) is 3.55. The summed E-state index contributed by atoms with van der Waals surface area (Å²) in [5.74, 6) is 0.731. The van der Waals surface area contributed by atoms with Gasteiger partial charge in [-0.1, -0.05) is 52.3 Å². The zero-order valence-electron chi connectivity index (χ0n) is 13.6. The van der Waals surface area contributed by atoms with E-state index in [0.717, 1.165) is 29.9 Å². The molecule has 0 bridgehead atoms. The second-order valence-corrected chi connectivity index (χ2v) is 6.59. The molecule has 0 aliphatic carbocycles. The summed E-state index contributed by atoms with van der Waals surface area (Å²) in [6.45, 7) is 10.2. The number of rotatable bonds is 3. The number of nitrogens with zero attached hydrogens (tertiary/aromatic N) is 1. The number of aromatic nitrogens is 2. The van der Waals surface area contributed by atoms with Crippen LogP contribution in [0.4, 0.5) is 0 Å². The minimum atomic E-state index is -0.178. The van der Waals surface area contributed by atoms with E-state index < -0.39 is 0 Å². The van der Waals surface area contributed by atoms with E-state index in [1.54, 1.807) is 0 Å². The van der Waals surface area contributed by atoms with Crippen LogP contribution in [0.2, 0.25) is 0 Å². The van der Waals surface area contributed by atoms with Gasteiger partial charge in [0.15, 0.2) is 0 Å². The van der Waals surface area contributed by atoms with Crippen molar-refractivity contribution < 1.29 is 0 Å². The van der Waals surface area contributed by atoms with E-state index in [1.165, 1.54) is 5.56 Å². The summed E-state index contributed by atoms with van der Waals surface area (Å²) in [6, 6.07) is 8.34. The SMILES string of the molecule is CCCc1cccc(-c2nc(C(C)(C)C)[nH]c(=O)c2C)c1. The van der Waals surface area contributed by atoms with Crippen LogP contribution in [-0.2, 0) is 11.8 Å². The third kappa shape index (κ3) is 3.41. The zero-order valence-corrected chi connectivity index (χ0v) is 13.6. The Hall–Kier alpha value is -1.90. The maximum atomic E-state index is 12.2. The van der Waals surface area contributed by atoms with Crippen LogP contribution in [0.15, 0.2) is 29.1 Å². The summed E-state index contributed by atoms with van der Waals surface area (Å²) >= 11 is 0.